The fraction of sp³-hybridized carbons (Fsp3) is 0.0952. The van der Waals surface area contributed by atoms with Crippen molar-refractivity contribution in [2.45, 2.75) is 6.42 Å². The van der Waals surface area contributed by atoms with Crippen molar-refractivity contribution in [3.8, 4) is 0 Å². The third kappa shape index (κ3) is 3.80. The van der Waals surface area contributed by atoms with Gasteiger partial charge in [0.2, 0.25) is 5.91 Å². The van der Waals surface area contributed by atoms with Crippen LogP contribution in [0.4, 0.5) is 5.13 Å². The molecule has 5 nitrogen and oxygen atoms in total. The van der Waals surface area contributed by atoms with E-state index in [2.05, 4.69) is 21.7 Å². The van der Waals surface area contributed by atoms with Crippen LogP contribution < -0.4 is 10.6 Å². The smallest absolute Gasteiger partial charge is 0.251 e. The van der Waals surface area contributed by atoms with Crippen molar-refractivity contribution in [1.29, 1.82) is 0 Å². The molecule has 0 saturated heterocycles. The van der Waals surface area contributed by atoms with Crippen molar-refractivity contribution in [2.24, 2.45) is 0 Å². The molecule has 0 radical (unpaired) electrons. The second-order valence-corrected chi connectivity index (χ2v) is 7.10. The average Bonchev–Trinajstić information content (AvgIpc) is 3.11. The summed E-state index contributed by atoms with van der Waals surface area (Å²) in [4.78, 5) is 28.7. The number of hydrogen-bond acceptors (Lipinski definition) is 4. The number of benzene rings is 3. The van der Waals surface area contributed by atoms with Crippen LogP contribution in [0.1, 0.15) is 16.8 Å². The van der Waals surface area contributed by atoms with Gasteiger partial charge in [-0.15, -0.1) is 0 Å². The molecule has 0 saturated carbocycles. The van der Waals surface area contributed by atoms with Gasteiger partial charge in [-0.3, -0.25) is 9.59 Å². The first-order chi connectivity index (χ1) is 13.2. The second kappa shape index (κ2) is 7.55. The highest BCUT2D eigenvalue weighted by Gasteiger charge is 2.11. The summed E-state index contributed by atoms with van der Waals surface area (Å²) < 4.78 is 1.03. The van der Waals surface area contributed by atoms with E-state index < -0.39 is 0 Å². The molecule has 0 fully saturated rings. The molecule has 0 bridgehead atoms. The van der Waals surface area contributed by atoms with E-state index in [9.17, 15) is 9.59 Å². The van der Waals surface area contributed by atoms with E-state index in [4.69, 9.17) is 0 Å². The summed E-state index contributed by atoms with van der Waals surface area (Å²) in [6.45, 7) is 0.271. The summed E-state index contributed by atoms with van der Waals surface area (Å²) in [5.74, 6) is -0.360. The maximum atomic E-state index is 12.2. The maximum Gasteiger partial charge on any atom is 0.251 e. The Kier molecular flexibility index (Phi) is 4.80. The average molecular weight is 375 g/mol. The monoisotopic (exact) mass is 375 g/mol. The quantitative estimate of drug-likeness (QED) is 0.549. The Morgan fingerprint density at radius 3 is 2.56 bits per heavy atom. The highest BCUT2D eigenvalue weighted by molar-refractivity contribution is 7.22. The lowest BCUT2D eigenvalue weighted by Gasteiger charge is -2.05. The van der Waals surface area contributed by atoms with E-state index >= 15 is 0 Å². The molecule has 0 aliphatic heterocycles. The Labute approximate surface area is 160 Å². The van der Waals surface area contributed by atoms with Gasteiger partial charge in [0.15, 0.2) is 5.13 Å². The topological polar surface area (TPSA) is 71.1 Å². The van der Waals surface area contributed by atoms with Gasteiger partial charge in [-0.2, -0.15) is 0 Å². The lowest BCUT2D eigenvalue weighted by Crippen LogP contribution is -2.27. The van der Waals surface area contributed by atoms with Gasteiger partial charge >= 0.3 is 0 Å². The van der Waals surface area contributed by atoms with Crippen LogP contribution in [0.15, 0.2) is 66.7 Å². The Balaban J connectivity index is 1.38. The molecule has 1 aromatic heterocycles. The van der Waals surface area contributed by atoms with E-state index in [0.717, 1.165) is 21.0 Å². The first-order valence-corrected chi connectivity index (χ1v) is 9.44. The van der Waals surface area contributed by atoms with Gasteiger partial charge in [-0.05, 0) is 23.6 Å². The van der Waals surface area contributed by atoms with Crippen molar-refractivity contribution in [3.05, 3.63) is 72.3 Å². The summed E-state index contributed by atoms with van der Waals surface area (Å²) in [7, 11) is 0. The van der Waals surface area contributed by atoms with Gasteiger partial charge in [0.1, 0.15) is 0 Å². The zero-order valence-electron chi connectivity index (χ0n) is 14.4. The molecule has 1 heterocycles. The number of nitrogens with zero attached hydrogens (tertiary/aromatic N) is 1. The molecule has 0 spiro atoms. The number of hydrogen-bond donors (Lipinski definition) is 2. The number of rotatable bonds is 5. The summed E-state index contributed by atoms with van der Waals surface area (Å²) >= 11 is 1.45. The molecule has 0 unspecified atom stereocenters. The lowest BCUT2D eigenvalue weighted by atomic mass is 10.1. The minimum absolute atomic E-state index is 0.174. The predicted molar refractivity (Wildman–Crippen MR) is 109 cm³/mol. The highest BCUT2D eigenvalue weighted by Crippen LogP contribution is 2.31. The molecule has 0 atom stereocenters. The van der Waals surface area contributed by atoms with Crippen LogP contribution in [0.3, 0.4) is 0 Å². The van der Waals surface area contributed by atoms with Crippen molar-refractivity contribution >= 4 is 49.3 Å². The van der Waals surface area contributed by atoms with Crippen LogP contribution in [0.2, 0.25) is 0 Å². The largest absolute Gasteiger partial charge is 0.352 e. The van der Waals surface area contributed by atoms with Crippen LogP contribution in [0, 0.1) is 0 Å². The minimum Gasteiger partial charge on any atom is -0.352 e. The molecule has 4 aromatic rings. The number of anilines is 1. The zero-order valence-corrected chi connectivity index (χ0v) is 15.3. The molecule has 2 N–H and O–H groups in total. The molecule has 3 aromatic carbocycles. The van der Waals surface area contributed by atoms with Crippen molar-refractivity contribution in [1.82, 2.24) is 10.3 Å². The van der Waals surface area contributed by atoms with Gasteiger partial charge in [0, 0.05) is 23.9 Å². The van der Waals surface area contributed by atoms with Crippen LogP contribution >= 0.6 is 11.3 Å². The van der Waals surface area contributed by atoms with E-state index in [1.165, 1.54) is 11.3 Å². The van der Waals surface area contributed by atoms with E-state index in [-0.39, 0.29) is 24.8 Å². The van der Waals surface area contributed by atoms with Gasteiger partial charge < -0.3 is 10.6 Å². The van der Waals surface area contributed by atoms with Crippen LogP contribution in [0.5, 0.6) is 0 Å². The third-order valence-corrected chi connectivity index (χ3v) is 5.14. The fourth-order valence-electron chi connectivity index (χ4n) is 2.88. The van der Waals surface area contributed by atoms with E-state index in [1.807, 2.05) is 36.4 Å². The Hall–Kier alpha value is -3.25. The lowest BCUT2D eigenvalue weighted by molar-refractivity contribution is -0.116. The fourth-order valence-corrected chi connectivity index (χ4v) is 3.78. The standard InChI is InChI=1S/C21H17N3O2S/c25-18(12-13-22-20(26)15-7-2-1-3-8-15)23-21-24-19-16-9-5-4-6-14(16)10-11-17(19)27-21/h1-11H,12-13H2,(H,22,26)(H,23,24,25). The molecular formula is C21H17N3O2S. The van der Waals surface area contributed by atoms with E-state index in [1.54, 1.807) is 24.3 Å². The normalized spacial score (nSPS) is 10.8. The highest BCUT2D eigenvalue weighted by atomic mass is 32.1. The number of aromatic nitrogens is 1. The van der Waals surface area contributed by atoms with Gasteiger partial charge in [-0.25, -0.2) is 4.98 Å². The van der Waals surface area contributed by atoms with E-state index in [0.29, 0.717) is 10.7 Å². The van der Waals surface area contributed by atoms with Crippen LogP contribution in [-0.4, -0.2) is 23.3 Å². The second-order valence-electron chi connectivity index (χ2n) is 6.07. The van der Waals surface area contributed by atoms with Crippen LogP contribution in [-0.2, 0) is 4.79 Å². The molecule has 134 valence electrons. The zero-order chi connectivity index (χ0) is 18.6. The summed E-state index contributed by atoms with van der Waals surface area (Å²) in [6.07, 6.45) is 0.190. The van der Waals surface area contributed by atoms with Gasteiger partial charge in [0.25, 0.3) is 5.91 Å². The number of amides is 2. The third-order valence-electron chi connectivity index (χ3n) is 4.20. The number of fused-ring (bicyclic) bond motifs is 3. The number of thiazole rings is 1. The minimum atomic E-state index is -0.185. The van der Waals surface area contributed by atoms with Crippen molar-refractivity contribution in [2.75, 3.05) is 11.9 Å². The first-order valence-electron chi connectivity index (χ1n) is 8.62. The molecule has 0 aliphatic rings. The molecule has 27 heavy (non-hydrogen) atoms. The predicted octanol–water partition coefficient (Wildman–Crippen LogP) is 4.21. The molecule has 0 aliphatic carbocycles. The maximum absolute atomic E-state index is 12.2. The Morgan fingerprint density at radius 2 is 1.70 bits per heavy atom. The van der Waals surface area contributed by atoms with Crippen molar-refractivity contribution < 1.29 is 9.59 Å². The number of nitrogens with one attached hydrogen (secondary N) is 2. The summed E-state index contributed by atoms with van der Waals surface area (Å²) in [5, 5.41) is 8.34. The van der Waals surface area contributed by atoms with Crippen molar-refractivity contribution in [3.63, 3.8) is 0 Å². The Bertz CT molecular complexity index is 1120. The molecule has 6 heteroatoms. The first kappa shape index (κ1) is 17.2. The molecule has 4 rings (SSSR count). The number of carbonyl (C=O) groups excluding carboxylic acids is 2. The molecular weight excluding hydrogens is 358 g/mol. The SMILES string of the molecule is O=C(CCNC(=O)c1ccccc1)Nc1nc2c(ccc3ccccc32)s1. The summed E-state index contributed by atoms with van der Waals surface area (Å²) in [6, 6.07) is 21.1. The molecule has 2 amide bonds. The van der Waals surface area contributed by atoms with Crippen LogP contribution in [0.25, 0.3) is 21.0 Å². The summed E-state index contributed by atoms with van der Waals surface area (Å²) in [5.41, 5.74) is 1.47. The number of carbonyl (C=O) groups is 2. The van der Waals surface area contributed by atoms with Gasteiger partial charge in [0.05, 0.1) is 10.2 Å². The Morgan fingerprint density at radius 1 is 0.926 bits per heavy atom. The van der Waals surface area contributed by atoms with Gasteiger partial charge in [-0.1, -0.05) is 59.9 Å².